The number of amides is 1. The molecule has 0 spiro atoms. The van der Waals surface area contributed by atoms with Gasteiger partial charge in [0.15, 0.2) is 5.76 Å². The second-order valence-electron chi connectivity index (χ2n) is 7.55. The lowest BCUT2D eigenvalue weighted by molar-refractivity contribution is 0.0714. The number of aryl methyl sites for hydroxylation is 1. The number of aromatic nitrogens is 3. The lowest BCUT2D eigenvalue weighted by atomic mass is 10.1. The zero-order chi connectivity index (χ0) is 21.2. The molecule has 1 aliphatic rings. The van der Waals surface area contributed by atoms with Gasteiger partial charge in [-0.1, -0.05) is 42.4 Å². The Morgan fingerprint density at radius 1 is 1.03 bits per heavy atom. The number of anilines is 1. The molecule has 1 saturated heterocycles. The summed E-state index contributed by atoms with van der Waals surface area (Å²) in [5, 5.41) is 5.13. The van der Waals surface area contributed by atoms with Crippen molar-refractivity contribution in [3.63, 3.8) is 0 Å². The Bertz CT molecular complexity index is 1180. The Morgan fingerprint density at radius 2 is 1.84 bits per heavy atom. The molecule has 31 heavy (non-hydrogen) atoms. The Morgan fingerprint density at radius 3 is 2.55 bits per heavy atom. The van der Waals surface area contributed by atoms with E-state index >= 15 is 0 Å². The fraction of sp³-hybridized carbons (Fsp3) is 0.304. The van der Waals surface area contributed by atoms with E-state index in [9.17, 15) is 4.79 Å². The number of carbonyl (C=O) groups is 1. The van der Waals surface area contributed by atoms with Gasteiger partial charge >= 0.3 is 0 Å². The molecule has 158 valence electrons. The normalized spacial score (nSPS) is 14.4. The van der Waals surface area contributed by atoms with E-state index in [1.54, 1.807) is 12.1 Å². The van der Waals surface area contributed by atoms with Gasteiger partial charge in [0.1, 0.15) is 22.7 Å². The Kier molecular flexibility index (Phi) is 5.11. The van der Waals surface area contributed by atoms with Crippen molar-refractivity contribution in [2.75, 3.05) is 31.1 Å². The first-order valence-corrected chi connectivity index (χ1v) is 10.5. The molecule has 8 nitrogen and oxygen atoms in total. The fourth-order valence-electron chi connectivity index (χ4n) is 3.91. The molecule has 4 aromatic rings. The highest BCUT2D eigenvalue weighted by Crippen LogP contribution is 2.34. The van der Waals surface area contributed by atoms with E-state index in [4.69, 9.17) is 13.9 Å². The summed E-state index contributed by atoms with van der Waals surface area (Å²) in [5.74, 6) is 1.85. The van der Waals surface area contributed by atoms with E-state index in [-0.39, 0.29) is 5.91 Å². The van der Waals surface area contributed by atoms with E-state index < -0.39 is 0 Å². The van der Waals surface area contributed by atoms with Crippen LogP contribution in [0.4, 0.5) is 5.82 Å². The molecule has 0 aliphatic carbocycles. The average molecular weight is 417 g/mol. The molecular formula is C23H23N5O3. The van der Waals surface area contributed by atoms with E-state index in [0.29, 0.717) is 37.7 Å². The zero-order valence-corrected chi connectivity index (χ0v) is 17.3. The van der Waals surface area contributed by atoms with Crippen molar-refractivity contribution >= 4 is 22.8 Å². The largest absolute Gasteiger partial charge is 0.459 e. The van der Waals surface area contributed by atoms with Gasteiger partial charge in [-0.05, 0) is 18.6 Å². The first-order valence-electron chi connectivity index (χ1n) is 10.5. The van der Waals surface area contributed by atoms with Crippen molar-refractivity contribution in [3.8, 4) is 11.3 Å². The summed E-state index contributed by atoms with van der Waals surface area (Å²) in [6.07, 6.45) is 3.23. The molecule has 1 aliphatic heterocycles. The van der Waals surface area contributed by atoms with Gasteiger partial charge in [0.2, 0.25) is 0 Å². The van der Waals surface area contributed by atoms with Crippen LogP contribution in [0, 0.1) is 0 Å². The van der Waals surface area contributed by atoms with Crippen LogP contribution in [0.3, 0.4) is 0 Å². The Hall–Kier alpha value is -3.68. The number of nitrogens with zero attached hydrogens (tertiary/aromatic N) is 5. The van der Waals surface area contributed by atoms with Crippen LogP contribution in [-0.2, 0) is 6.42 Å². The third kappa shape index (κ3) is 3.65. The molecule has 1 aromatic carbocycles. The molecule has 8 heteroatoms. The van der Waals surface area contributed by atoms with Crippen LogP contribution in [0.1, 0.15) is 29.7 Å². The van der Waals surface area contributed by atoms with Crippen LogP contribution in [0.2, 0.25) is 0 Å². The third-order valence-electron chi connectivity index (χ3n) is 5.48. The minimum Gasteiger partial charge on any atom is -0.459 e. The molecule has 1 amide bonds. The summed E-state index contributed by atoms with van der Waals surface area (Å²) < 4.78 is 10.9. The predicted octanol–water partition coefficient (Wildman–Crippen LogP) is 3.79. The highest BCUT2D eigenvalue weighted by Gasteiger charge is 2.28. The van der Waals surface area contributed by atoms with Crippen LogP contribution in [0.15, 0.2) is 57.7 Å². The first kappa shape index (κ1) is 19.3. The molecule has 0 atom stereocenters. The number of furan rings is 1. The molecule has 0 unspecified atom stereocenters. The molecule has 4 heterocycles. The summed E-state index contributed by atoms with van der Waals surface area (Å²) in [4.78, 5) is 26.1. The summed E-state index contributed by atoms with van der Waals surface area (Å²) in [6.45, 7) is 4.58. The minimum atomic E-state index is -0.0842. The number of rotatable bonds is 5. The second kappa shape index (κ2) is 8.22. The number of fused-ring (bicyclic) bond motifs is 1. The van der Waals surface area contributed by atoms with Crippen LogP contribution in [0.5, 0.6) is 0 Å². The van der Waals surface area contributed by atoms with Crippen molar-refractivity contribution in [1.82, 2.24) is 20.0 Å². The number of benzene rings is 1. The monoisotopic (exact) mass is 417 g/mol. The summed E-state index contributed by atoms with van der Waals surface area (Å²) in [6, 6.07) is 13.3. The third-order valence-corrected chi connectivity index (χ3v) is 5.48. The zero-order valence-electron chi connectivity index (χ0n) is 17.3. The van der Waals surface area contributed by atoms with E-state index in [2.05, 4.69) is 22.0 Å². The maximum absolute atomic E-state index is 12.6. The number of hydrogen-bond donors (Lipinski definition) is 0. The average Bonchev–Trinajstić information content (AvgIpc) is 3.49. The topological polar surface area (TPSA) is 88.5 Å². The van der Waals surface area contributed by atoms with Gasteiger partial charge in [0, 0.05) is 38.2 Å². The molecule has 0 saturated carbocycles. The molecular weight excluding hydrogens is 394 g/mol. The van der Waals surface area contributed by atoms with Crippen molar-refractivity contribution in [2.45, 2.75) is 19.8 Å². The van der Waals surface area contributed by atoms with Gasteiger partial charge in [-0.25, -0.2) is 4.98 Å². The summed E-state index contributed by atoms with van der Waals surface area (Å²) in [5.41, 5.74) is 2.20. The molecule has 3 aromatic heterocycles. The summed E-state index contributed by atoms with van der Waals surface area (Å²) in [7, 11) is 0. The van der Waals surface area contributed by atoms with E-state index in [1.165, 1.54) is 6.26 Å². The van der Waals surface area contributed by atoms with Gasteiger partial charge in [-0.3, -0.25) is 4.79 Å². The van der Waals surface area contributed by atoms with Gasteiger partial charge < -0.3 is 18.7 Å². The van der Waals surface area contributed by atoms with Crippen molar-refractivity contribution in [1.29, 1.82) is 0 Å². The molecule has 0 radical (unpaired) electrons. The molecule has 0 N–H and O–H groups in total. The molecule has 1 fully saturated rings. The quantitative estimate of drug-likeness (QED) is 0.488. The van der Waals surface area contributed by atoms with E-state index in [1.807, 2.05) is 35.2 Å². The Labute approximate surface area is 179 Å². The number of hydrogen-bond acceptors (Lipinski definition) is 7. The smallest absolute Gasteiger partial charge is 0.289 e. The van der Waals surface area contributed by atoms with Crippen LogP contribution in [-0.4, -0.2) is 52.1 Å². The Balaban J connectivity index is 1.48. The van der Waals surface area contributed by atoms with Crippen LogP contribution < -0.4 is 4.90 Å². The minimum absolute atomic E-state index is 0.0842. The van der Waals surface area contributed by atoms with Crippen molar-refractivity contribution in [3.05, 3.63) is 60.3 Å². The van der Waals surface area contributed by atoms with Gasteiger partial charge in [-0.15, -0.1) is 0 Å². The molecule has 5 rings (SSSR count). The maximum atomic E-state index is 12.6. The number of carbonyl (C=O) groups excluding carboxylic acids is 1. The lowest BCUT2D eigenvalue weighted by Gasteiger charge is -2.35. The predicted molar refractivity (Wildman–Crippen MR) is 116 cm³/mol. The maximum Gasteiger partial charge on any atom is 0.289 e. The second-order valence-corrected chi connectivity index (χ2v) is 7.55. The number of piperazine rings is 1. The fourth-order valence-corrected chi connectivity index (χ4v) is 3.91. The highest BCUT2D eigenvalue weighted by atomic mass is 16.5. The standard InChI is InChI=1S/C23H23N5O3/c1-2-7-18-24-21(19-20(26-31-22(19)25-18)16-8-4-3-5-9-16)27-11-13-28(14-12-27)23(29)17-10-6-15-30-17/h3-6,8-10,15H,2,7,11-14H2,1H3. The van der Waals surface area contributed by atoms with Crippen LogP contribution in [0.25, 0.3) is 22.4 Å². The highest BCUT2D eigenvalue weighted by molar-refractivity contribution is 5.98. The van der Waals surface area contributed by atoms with Gasteiger partial charge in [0.05, 0.1) is 6.26 Å². The van der Waals surface area contributed by atoms with Crippen molar-refractivity contribution in [2.24, 2.45) is 0 Å². The van der Waals surface area contributed by atoms with Gasteiger partial charge in [0.25, 0.3) is 11.6 Å². The van der Waals surface area contributed by atoms with Crippen molar-refractivity contribution < 1.29 is 13.7 Å². The molecule has 0 bridgehead atoms. The van der Waals surface area contributed by atoms with Crippen LogP contribution >= 0.6 is 0 Å². The lowest BCUT2D eigenvalue weighted by Crippen LogP contribution is -2.49. The SMILES string of the molecule is CCCc1nc(N2CCN(C(=O)c3ccco3)CC2)c2c(-c3ccccc3)noc2n1. The van der Waals surface area contributed by atoms with Gasteiger partial charge in [-0.2, -0.15) is 4.98 Å². The summed E-state index contributed by atoms with van der Waals surface area (Å²) >= 11 is 0. The van der Waals surface area contributed by atoms with E-state index in [0.717, 1.165) is 41.1 Å². The first-order chi connectivity index (χ1) is 15.2.